The maximum atomic E-state index is 12.5. The van der Waals surface area contributed by atoms with Crippen molar-refractivity contribution in [2.24, 2.45) is 0 Å². The Morgan fingerprint density at radius 2 is 1.66 bits per heavy atom. The zero-order valence-electron chi connectivity index (χ0n) is 17.7. The largest absolute Gasteiger partial charge is 0.368 e. The van der Waals surface area contributed by atoms with E-state index in [0.29, 0.717) is 23.5 Å². The molecule has 1 aromatic heterocycles. The SMILES string of the molecule is O=C(Cn1ccc2ccccc2c1=O)NCCC(=O)N1CCN(c2ccc(Cl)cc2)CC1. The van der Waals surface area contributed by atoms with Gasteiger partial charge in [0.1, 0.15) is 6.54 Å². The van der Waals surface area contributed by atoms with E-state index in [1.807, 2.05) is 47.4 Å². The van der Waals surface area contributed by atoms with Crippen LogP contribution in [-0.2, 0) is 16.1 Å². The first-order chi connectivity index (χ1) is 15.5. The van der Waals surface area contributed by atoms with Gasteiger partial charge in [0.2, 0.25) is 11.8 Å². The fourth-order valence-corrected chi connectivity index (χ4v) is 4.02. The van der Waals surface area contributed by atoms with E-state index in [9.17, 15) is 14.4 Å². The topological polar surface area (TPSA) is 74.6 Å². The molecule has 0 spiro atoms. The van der Waals surface area contributed by atoms with Crippen molar-refractivity contribution in [3.8, 4) is 0 Å². The first-order valence-corrected chi connectivity index (χ1v) is 11.0. The van der Waals surface area contributed by atoms with Gasteiger partial charge in [0.25, 0.3) is 5.56 Å². The van der Waals surface area contributed by atoms with Gasteiger partial charge in [-0.25, -0.2) is 0 Å². The second kappa shape index (κ2) is 9.87. The summed E-state index contributed by atoms with van der Waals surface area (Å²) in [5.74, 6) is -0.272. The lowest BCUT2D eigenvalue weighted by atomic mass is 10.2. The molecule has 0 unspecified atom stereocenters. The minimum Gasteiger partial charge on any atom is -0.368 e. The number of hydrogen-bond acceptors (Lipinski definition) is 4. The molecule has 0 saturated carbocycles. The lowest BCUT2D eigenvalue weighted by Crippen LogP contribution is -2.49. The summed E-state index contributed by atoms with van der Waals surface area (Å²) in [4.78, 5) is 41.3. The molecule has 2 aromatic carbocycles. The van der Waals surface area contributed by atoms with Crippen LogP contribution in [0.2, 0.25) is 5.02 Å². The third-order valence-corrected chi connectivity index (χ3v) is 5.94. The van der Waals surface area contributed by atoms with Crippen LogP contribution in [0.5, 0.6) is 0 Å². The van der Waals surface area contributed by atoms with Crippen molar-refractivity contribution < 1.29 is 9.59 Å². The summed E-state index contributed by atoms with van der Waals surface area (Å²) in [7, 11) is 0. The van der Waals surface area contributed by atoms with Crippen LogP contribution in [0.3, 0.4) is 0 Å². The summed E-state index contributed by atoms with van der Waals surface area (Å²) in [6.07, 6.45) is 1.86. The molecule has 166 valence electrons. The van der Waals surface area contributed by atoms with Crippen LogP contribution < -0.4 is 15.8 Å². The van der Waals surface area contributed by atoms with E-state index in [1.54, 1.807) is 18.3 Å². The van der Waals surface area contributed by atoms with E-state index >= 15 is 0 Å². The highest BCUT2D eigenvalue weighted by atomic mass is 35.5. The van der Waals surface area contributed by atoms with Crippen LogP contribution in [0.25, 0.3) is 10.8 Å². The number of anilines is 1. The van der Waals surface area contributed by atoms with Gasteiger partial charge in [-0.15, -0.1) is 0 Å². The monoisotopic (exact) mass is 452 g/mol. The molecule has 3 aromatic rings. The number of aromatic nitrogens is 1. The van der Waals surface area contributed by atoms with Crippen molar-refractivity contribution >= 4 is 39.9 Å². The molecule has 1 saturated heterocycles. The van der Waals surface area contributed by atoms with Crippen molar-refractivity contribution in [2.75, 3.05) is 37.6 Å². The van der Waals surface area contributed by atoms with Crippen LogP contribution in [0, 0.1) is 0 Å². The molecule has 0 aliphatic carbocycles. The minimum atomic E-state index is -0.289. The first-order valence-electron chi connectivity index (χ1n) is 10.6. The molecule has 1 aliphatic rings. The number of halogens is 1. The van der Waals surface area contributed by atoms with Gasteiger partial charge in [-0.3, -0.25) is 14.4 Å². The molecule has 0 bridgehead atoms. The summed E-state index contributed by atoms with van der Waals surface area (Å²) < 4.78 is 1.38. The van der Waals surface area contributed by atoms with E-state index in [0.717, 1.165) is 24.2 Å². The maximum absolute atomic E-state index is 12.5. The molecule has 1 aliphatic heterocycles. The van der Waals surface area contributed by atoms with E-state index < -0.39 is 0 Å². The predicted octanol–water partition coefficient (Wildman–Crippen LogP) is 2.51. The molecule has 1 fully saturated rings. The second-order valence-electron chi connectivity index (χ2n) is 7.78. The fraction of sp³-hybridized carbons (Fsp3) is 0.292. The third-order valence-electron chi connectivity index (χ3n) is 5.69. The zero-order valence-corrected chi connectivity index (χ0v) is 18.4. The quantitative estimate of drug-likeness (QED) is 0.623. The standard InChI is InChI=1S/C24H25ClN4O3/c25-19-5-7-20(8-6-19)27-13-15-28(16-14-27)23(31)9-11-26-22(30)17-29-12-10-18-3-1-2-4-21(18)24(29)32/h1-8,10,12H,9,11,13-17H2,(H,26,30). The number of piperazine rings is 1. The van der Waals surface area contributed by atoms with Crippen molar-refractivity contribution in [3.63, 3.8) is 0 Å². The van der Waals surface area contributed by atoms with Gasteiger partial charge in [-0.05, 0) is 41.8 Å². The molecule has 0 atom stereocenters. The lowest BCUT2D eigenvalue weighted by molar-refractivity contribution is -0.131. The van der Waals surface area contributed by atoms with Gasteiger partial charge in [-0.2, -0.15) is 0 Å². The number of pyridine rings is 1. The first kappa shape index (κ1) is 21.9. The van der Waals surface area contributed by atoms with Crippen LogP contribution in [0.1, 0.15) is 6.42 Å². The Morgan fingerprint density at radius 3 is 2.41 bits per heavy atom. The summed E-state index contributed by atoms with van der Waals surface area (Å²) in [6.45, 7) is 2.97. The minimum absolute atomic E-state index is 0.0175. The van der Waals surface area contributed by atoms with Gasteiger partial charge in [0.15, 0.2) is 0 Å². The molecule has 7 nitrogen and oxygen atoms in total. The van der Waals surface area contributed by atoms with Crippen LogP contribution in [0.4, 0.5) is 5.69 Å². The van der Waals surface area contributed by atoms with E-state index in [2.05, 4.69) is 10.2 Å². The molecule has 2 heterocycles. The number of benzene rings is 2. The molecule has 2 amide bonds. The van der Waals surface area contributed by atoms with E-state index in [1.165, 1.54) is 4.57 Å². The molecule has 0 radical (unpaired) electrons. The highest BCUT2D eigenvalue weighted by molar-refractivity contribution is 6.30. The third kappa shape index (κ3) is 5.11. The number of carbonyl (C=O) groups excluding carboxylic acids is 2. The Kier molecular flexibility index (Phi) is 6.75. The predicted molar refractivity (Wildman–Crippen MR) is 126 cm³/mol. The van der Waals surface area contributed by atoms with Gasteiger partial charge in [-0.1, -0.05) is 29.8 Å². The van der Waals surface area contributed by atoms with Gasteiger partial charge < -0.3 is 19.7 Å². The number of fused-ring (bicyclic) bond motifs is 1. The van der Waals surface area contributed by atoms with Crippen molar-refractivity contribution in [1.29, 1.82) is 0 Å². The number of carbonyl (C=O) groups is 2. The Bertz CT molecular complexity index is 1170. The smallest absolute Gasteiger partial charge is 0.258 e. The highest BCUT2D eigenvalue weighted by Crippen LogP contribution is 2.19. The number of nitrogens with zero attached hydrogens (tertiary/aromatic N) is 3. The lowest BCUT2D eigenvalue weighted by Gasteiger charge is -2.36. The zero-order chi connectivity index (χ0) is 22.5. The summed E-state index contributed by atoms with van der Waals surface area (Å²) in [5.41, 5.74) is 0.894. The van der Waals surface area contributed by atoms with Crippen LogP contribution in [-0.4, -0.2) is 54.0 Å². The average molecular weight is 453 g/mol. The molecule has 8 heteroatoms. The van der Waals surface area contributed by atoms with Crippen LogP contribution >= 0.6 is 11.6 Å². The van der Waals surface area contributed by atoms with Crippen molar-refractivity contribution in [3.05, 3.63) is 76.2 Å². The molecule has 1 N–H and O–H groups in total. The second-order valence-corrected chi connectivity index (χ2v) is 8.22. The normalized spacial score (nSPS) is 13.9. The van der Waals surface area contributed by atoms with Gasteiger partial charge in [0.05, 0.1) is 0 Å². The maximum Gasteiger partial charge on any atom is 0.258 e. The summed E-state index contributed by atoms with van der Waals surface area (Å²) in [6, 6.07) is 16.8. The van der Waals surface area contributed by atoms with Gasteiger partial charge >= 0.3 is 0 Å². The molecule has 32 heavy (non-hydrogen) atoms. The Morgan fingerprint density at radius 1 is 0.938 bits per heavy atom. The molecular weight excluding hydrogens is 428 g/mol. The number of nitrogens with one attached hydrogen (secondary N) is 1. The Hall–Kier alpha value is -3.32. The number of hydrogen-bond donors (Lipinski definition) is 1. The molecule has 4 rings (SSSR count). The fourth-order valence-electron chi connectivity index (χ4n) is 3.90. The summed E-state index contributed by atoms with van der Waals surface area (Å²) >= 11 is 5.94. The van der Waals surface area contributed by atoms with Crippen molar-refractivity contribution in [2.45, 2.75) is 13.0 Å². The van der Waals surface area contributed by atoms with Gasteiger partial charge in [0, 0.05) is 61.4 Å². The highest BCUT2D eigenvalue weighted by Gasteiger charge is 2.21. The van der Waals surface area contributed by atoms with Crippen LogP contribution in [0.15, 0.2) is 65.6 Å². The Labute approximate surface area is 191 Å². The number of amides is 2. The summed E-state index contributed by atoms with van der Waals surface area (Å²) in [5, 5.41) is 4.87. The van der Waals surface area contributed by atoms with E-state index in [-0.39, 0.29) is 36.9 Å². The molecular formula is C24H25ClN4O3. The Balaban J connectivity index is 1.22. The average Bonchev–Trinajstić information content (AvgIpc) is 2.81. The van der Waals surface area contributed by atoms with E-state index in [4.69, 9.17) is 11.6 Å². The van der Waals surface area contributed by atoms with Crippen molar-refractivity contribution in [1.82, 2.24) is 14.8 Å². The number of rotatable bonds is 6.